The predicted octanol–water partition coefficient (Wildman–Crippen LogP) is 0.969. The third-order valence-electron chi connectivity index (χ3n) is 2.43. The molecule has 2 rings (SSSR count). The molecule has 0 spiro atoms. The van der Waals surface area contributed by atoms with E-state index < -0.39 is 10.0 Å². The van der Waals surface area contributed by atoms with Crippen molar-refractivity contribution in [3.05, 3.63) is 48.0 Å². The van der Waals surface area contributed by atoms with Gasteiger partial charge in [0.05, 0.1) is 12.2 Å². The van der Waals surface area contributed by atoms with Gasteiger partial charge in [-0.15, -0.1) is 0 Å². The molecule has 0 unspecified atom stereocenters. The lowest BCUT2D eigenvalue weighted by atomic mass is 10.3. The third-order valence-corrected chi connectivity index (χ3v) is 3.88. The summed E-state index contributed by atoms with van der Waals surface area (Å²) in [7, 11) is -3.76. The van der Waals surface area contributed by atoms with E-state index in [0.29, 0.717) is 11.5 Å². The number of nitrogens with one attached hydrogen (secondary N) is 1. The van der Waals surface area contributed by atoms with Crippen LogP contribution in [-0.2, 0) is 16.6 Å². The van der Waals surface area contributed by atoms with E-state index in [1.165, 1.54) is 12.1 Å². The van der Waals surface area contributed by atoms with Crippen LogP contribution >= 0.6 is 0 Å². The molecule has 0 bridgehead atoms. The van der Waals surface area contributed by atoms with Gasteiger partial charge in [-0.2, -0.15) is 0 Å². The largest absolute Gasteiger partial charge is 0.507 e. The normalized spacial score (nSPS) is 11.4. The smallest absolute Gasteiger partial charge is 0.244 e. The van der Waals surface area contributed by atoms with E-state index >= 15 is 0 Å². The monoisotopic (exact) mass is 279 g/mol. The molecule has 0 fully saturated rings. The van der Waals surface area contributed by atoms with Crippen molar-refractivity contribution in [1.82, 2.24) is 14.7 Å². The van der Waals surface area contributed by atoms with Crippen LogP contribution in [0.4, 0.5) is 0 Å². The summed E-state index contributed by atoms with van der Waals surface area (Å²) in [5.74, 6) is 0.285. The second-order valence-electron chi connectivity index (χ2n) is 3.89. The standard InChI is InChI=1S/C12H13N3O3S/c1-9-13-7-6-10(15-9)8-14-19(17,18)12-5-3-2-4-11(12)16/h2-7,14,16H,8H2,1H3. The lowest BCUT2D eigenvalue weighted by Crippen LogP contribution is -2.24. The first-order valence-corrected chi connectivity index (χ1v) is 7.03. The van der Waals surface area contributed by atoms with Crippen molar-refractivity contribution in [3.63, 3.8) is 0 Å². The minimum Gasteiger partial charge on any atom is -0.507 e. The molecule has 6 nitrogen and oxygen atoms in total. The van der Waals surface area contributed by atoms with Crippen molar-refractivity contribution in [2.24, 2.45) is 0 Å². The molecule has 1 heterocycles. The van der Waals surface area contributed by atoms with Crippen molar-refractivity contribution >= 4 is 10.0 Å². The molecule has 0 aliphatic heterocycles. The number of aromatic hydroxyl groups is 1. The summed E-state index contributed by atoms with van der Waals surface area (Å²) >= 11 is 0. The van der Waals surface area contributed by atoms with Crippen LogP contribution in [0.15, 0.2) is 41.4 Å². The SMILES string of the molecule is Cc1nccc(CNS(=O)(=O)c2ccccc2O)n1. The number of para-hydroxylation sites is 1. The minimum absolute atomic E-state index is 0.0417. The second kappa shape index (κ2) is 5.33. The molecule has 100 valence electrons. The number of sulfonamides is 1. The first kappa shape index (κ1) is 13.4. The summed E-state index contributed by atoms with van der Waals surface area (Å²) in [6.07, 6.45) is 1.56. The van der Waals surface area contributed by atoms with E-state index in [2.05, 4.69) is 14.7 Å². The van der Waals surface area contributed by atoms with Crippen LogP contribution in [-0.4, -0.2) is 23.5 Å². The predicted molar refractivity (Wildman–Crippen MR) is 68.9 cm³/mol. The van der Waals surface area contributed by atoms with Crippen molar-refractivity contribution in [2.75, 3.05) is 0 Å². The van der Waals surface area contributed by atoms with Gasteiger partial charge in [0.15, 0.2) is 0 Å². The average molecular weight is 279 g/mol. The molecule has 0 aliphatic rings. The number of nitrogens with zero attached hydrogens (tertiary/aromatic N) is 2. The van der Waals surface area contributed by atoms with Crippen LogP contribution in [0, 0.1) is 6.92 Å². The quantitative estimate of drug-likeness (QED) is 0.870. The molecule has 0 amide bonds. The van der Waals surface area contributed by atoms with Crippen LogP contribution in [0.5, 0.6) is 5.75 Å². The van der Waals surface area contributed by atoms with E-state index in [1.54, 1.807) is 31.3 Å². The van der Waals surface area contributed by atoms with Crippen molar-refractivity contribution < 1.29 is 13.5 Å². The molecule has 0 saturated carbocycles. The maximum absolute atomic E-state index is 12.0. The van der Waals surface area contributed by atoms with E-state index in [0.717, 1.165) is 0 Å². The Morgan fingerprint density at radius 2 is 2.00 bits per heavy atom. The zero-order valence-electron chi connectivity index (χ0n) is 10.2. The van der Waals surface area contributed by atoms with Crippen LogP contribution in [0.2, 0.25) is 0 Å². The first-order chi connectivity index (χ1) is 8.99. The fourth-order valence-corrected chi connectivity index (χ4v) is 2.63. The van der Waals surface area contributed by atoms with Gasteiger partial charge in [0.25, 0.3) is 0 Å². The number of aryl methyl sites for hydroxylation is 1. The molecule has 0 saturated heterocycles. The molecule has 2 N–H and O–H groups in total. The van der Waals surface area contributed by atoms with E-state index in [1.807, 2.05) is 0 Å². The van der Waals surface area contributed by atoms with Crippen LogP contribution in [0.25, 0.3) is 0 Å². The molecule has 0 atom stereocenters. The zero-order valence-corrected chi connectivity index (χ0v) is 11.1. The van der Waals surface area contributed by atoms with Gasteiger partial charge in [0.2, 0.25) is 10.0 Å². The Labute approximate surface area is 111 Å². The van der Waals surface area contributed by atoms with Crippen LogP contribution in [0.3, 0.4) is 0 Å². The van der Waals surface area contributed by atoms with Gasteiger partial charge < -0.3 is 5.11 Å². The van der Waals surface area contributed by atoms with E-state index in [-0.39, 0.29) is 17.2 Å². The Morgan fingerprint density at radius 1 is 1.26 bits per heavy atom. The Balaban J connectivity index is 2.17. The Kier molecular flexibility index (Phi) is 3.77. The Morgan fingerprint density at radius 3 is 2.68 bits per heavy atom. The number of hydrogen-bond donors (Lipinski definition) is 2. The topological polar surface area (TPSA) is 92.2 Å². The number of phenolic OH excluding ortho intramolecular Hbond substituents is 1. The third kappa shape index (κ3) is 3.27. The molecule has 2 aromatic rings. The van der Waals surface area contributed by atoms with Gasteiger partial charge >= 0.3 is 0 Å². The van der Waals surface area contributed by atoms with Crippen molar-refractivity contribution in [3.8, 4) is 5.75 Å². The van der Waals surface area contributed by atoms with Gasteiger partial charge in [0.1, 0.15) is 16.5 Å². The molecule has 1 aromatic heterocycles. The molecular weight excluding hydrogens is 266 g/mol. The van der Waals surface area contributed by atoms with Gasteiger partial charge in [-0.3, -0.25) is 0 Å². The molecule has 19 heavy (non-hydrogen) atoms. The average Bonchev–Trinajstić information content (AvgIpc) is 2.37. The second-order valence-corrected chi connectivity index (χ2v) is 5.62. The number of benzene rings is 1. The summed E-state index contributed by atoms with van der Waals surface area (Å²) < 4.78 is 26.4. The van der Waals surface area contributed by atoms with E-state index in [4.69, 9.17) is 0 Å². The van der Waals surface area contributed by atoms with Gasteiger partial charge in [-0.1, -0.05) is 12.1 Å². The van der Waals surface area contributed by atoms with Gasteiger partial charge in [-0.05, 0) is 25.1 Å². The summed E-state index contributed by atoms with van der Waals surface area (Å²) in [4.78, 5) is 7.87. The maximum Gasteiger partial charge on any atom is 0.244 e. The van der Waals surface area contributed by atoms with Gasteiger partial charge in [-0.25, -0.2) is 23.1 Å². The fraction of sp³-hybridized carbons (Fsp3) is 0.167. The summed E-state index contributed by atoms with van der Waals surface area (Å²) in [5.41, 5.74) is 0.562. The molecule has 1 aromatic carbocycles. The number of rotatable bonds is 4. The Hall–Kier alpha value is -1.99. The van der Waals surface area contributed by atoms with Gasteiger partial charge in [0, 0.05) is 6.20 Å². The highest BCUT2D eigenvalue weighted by molar-refractivity contribution is 7.89. The highest BCUT2D eigenvalue weighted by Gasteiger charge is 2.17. The number of phenols is 1. The molecule has 7 heteroatoms. The highest BCUT2D eigenvalue weighted by atomic mass is 32.2. The molecule has 0 radical (unpaired) electrons. The minimum atomic E-state index is -3.76. The number of hydrogen-bond acceptors (Lipinski definition) is 5. The van der Waals surface area contributed by atoms with Crippen LogP contribution in [0.1, 0.15) is 11.5 Å². The van der Waals surface area contributed by atoms with E-state index in [9.17, 15) is 13.5 Å². The number of aromatic nitrogens is 2. The van der Waals surface area contributed by atoms with Crippen molar-refractivity contribution in [1.29, 1.82) is 0 Å². The maximum atomic E-state index is 12.0. The first-order valence-electron chi connectivity index (χ1n) is 5.55. The van der Waals surface area contributed by atoms with Crippen molar-refractivity contribution in [2.45, 2.75) is 18.4 Å². The molecular formula is C12H13N3O3S. The molecule has 0 aliphatic carbocycles. The summed E-state index contributed by atoms with van der Waals surface area (Å²) in [6, 6.07) is 7.39. The Bertz CT molecular complexity index is 686. The van der Waals surface area contributed by atoms with Crippen LogP contribution < -0.4 is 4.72 Å². The summed E-state index contributed by atoms with van der Waals surface area (Å²) in [5, 5.41) is 9.54. The zero-order chi connectivity index (χ0) is 13.9. The lowest BCUT2D eigenvalue weighted by Gasteiger charge is -2.07. The fourth-order valence-electron chi connectivity index (χ4n) is 1.53. The lowest BCUT2D eigenvalue weighted by molar-refractivity contribution is 0.458. The summed E-state index contributed by atoms with van der Waals surface area (Å²) in [6.45, 7) is 1.76. The highest BCUT2D eigenvalue weighted by Crippen LogP contribution is 2.21.